The Morgan fingerprint density at radius 2 is 2.09 bits per heavy atom. The highest BCUT2D eigenvalue weighted by atomic mass is 32.2. The summed E-state index contributed by atoms with van der Waals surface area (Å²) in [6, 6.07) is 5.79. The van der Waals surface area contributed by atoms with Crippen LogP contribution in [0.1, 0.15) is 0 Å². The number of hydrogen-bond donors (Lipinski definition) is 1. The van der Waals surface area contributed by atoms with Crippen molar-refractivity contribution in [1.82, 2.24) is 34.7 Å². The van der Waals surface area contributed by atoms with E-state index in [4.69, 9.17) is 15.5 Å². The average Bonchev–Trinajstić information content (AvgIpc) is 3.46. The molecule has 0 saturated heterocycles. The highest BCUT2D eigenvalue weighted by Crippen LogP contribution is 2.42. The fourth-order valence-corrected chi connectivity index (χ4v) is 6.12. The van der Waals surface area contributed by atoms with Gasteiger partial charge in [-0.15, -0.1) is 16.4 Å². The number of hydrogen-bond acceptors (Lipinski definition) is 9. The van der Waals surface area contributed by atoms with Crippen LogP contribution < -0.4 is 5.73 Å². The first-order valence-electron chi connectivity index (χ1n) is 9.72. The molecular formula is C20H20N8O2S2. The maximum absolute atomic E-state index is 12.9. The first-order chi connectivity index (χ1) is 15.5. The quantitative estimate of drug-likeness (QED) is 0.402. The summed E-state index contributed by atoms with van der Waals surface area (Å²) in [6.45, 7) is 0.386. The van der Waals surface area contributed by atoms with Gasteiger partial charge in [-0.25, -0.2) is 9.97 Å². The lowest BCUT2D eigenvalue weighted by Crippen LogP contribution is -2.04. The van der Waals surface area contributed by atoms with Gasteiger partial charge in [0.25, 0.3) is 0 Å². The third-order valence-electron chi connectivity index (χ3n) is 5.08. The number of ether oxygens (including phenoxy) is 1. The summed E-state index contributed by atoms with van der Waals surface area (Å²) in [6.07, 6.45) is 3.46. The molecule has 5 aromatic heterocycles. The van der Waals surface area contributed by atoms with Crippen LogP contribution in [0.2, 0.25) is 0 Å². The Bertz CT molecular complexity index is 1490. The average molecular weight is 469 g/mol. The third kappa shape index (κ3) is 3.45. The Balaban J connectivity index is 1.74. The van der Waals surface area contributed by atoms with Crippen molar-refractivity contribution in [3.63, 3.8) is 0 Å². The van der Waals surface area contributed by atoms with Crippen LogP contribution in [0.5, 0.6) is 0 Å². The molecule has 2 N–H and O–H groups in total. The number of thiophene rings is 1. The van der Waals surface area contributed by atoms with Crippen molar-refractivity contribution >= 4 is 49.2 Å². The Hall–Kier alpha value is -3.22. The second kappa shape index (κ2) is 8.04. The van der Waals surface area contributed by atoms with Crippen LogP contribution in [-0.4, -0.2) is 58.4 Å². The van der Waals surface area contributed by atoms with Gasteiger partial charge < -0.3 is 10.5 Å². The van der Waals surface area contributed by atoms with E-state index < -0.39 is 10.8 Å². The van der Waals surface area contributed by atoms with E-state index >= 15 is 0 Å². The predicted molar refractivity (Wildman–Crippen MR) is 125 cm³/mol. The monoisotopic (exact) mass is 468 g/mol. The Morgan fingerprint density at radius 3 is 2.84 bits per heavy atom. The molecule has 0 aromatic carbocycles. The van der Waals surface area contributed by atoms with Crippen molar-refractivity contribution < 1.29 is 8.95 Å². The number of nitrogens with zero attached hydrogens (tertiary/aromatic N) is 7. The molecular weight excluding hydrogens is 448 g/mol. The molecule has 164 valence electrons. The summed E-state index contributed by atoms with van der Waals surface area (Å²) in [4.78, 5) is 11.5. The largest absolute Gasteiger partial charge is 0.396 e. The fourth-order valence-electron chi connectivity index (χ4n) is 3.56. The minimum atomic E-state index is -1.28. The van der Waals surface area contributed by atoms with Crippen LogP contribution in [0.4, 0.5) is 5.69 Å². The first kappa shape index (κ1) is 20.7. The lowest BCUT2D eigenvalue weighted by molar-refractivity contribution is 0.218. The molecule has 1 atom stereocenters. The number of methoxy groups -OCH3 is 1. The maximum Gasteiger partial charge on any atom is 0.201 e. The van der Waals surface area contributed by atoms with Crippen molar-refractivity contribution in [2.45, 2.75) is 4.21 Å². The summed E-state index contributed by atoms with van der Waals surface area (Å²) in [5.41, 5.74) is 11.5. The van der Waals surface area contributed by atoms with E-state index in [-0.39, 0.29) is 0 Å². The zero-order valence-electron chi connectivity index (χ0n) is 17.6. The second-order valence-corrected chi connectivity index (χ2v) is 9.94. The standard InChI is InChI=1S/C20H20N8O2S2/c1-27-15(4-5-23-27)12-9-13(11-8-14-18(22-10-11)26-28(2)25-14)24-19-16(12)17(21)20(31-19)32(29)7-6-30-3/h4-5,8-10H,6-7,21H2,1-3H3. The molecule has 0 aliphatic rings. The zero-order chi connectivity index (χ0) is 22.4. The SMILES string of the molecule is COCCS(=O)c1sc2nc(-c3cnc4nn(C)nc4c3)cc(-c3ccnn3C)c2c1N. The van der Waals surface area contributed by atoms with E-state index in [9.17, 15) is 4.21 Å². The number of aromatic nitrogens is 7. The van der Waals surface area contributed by atoms with Gasteiger partial charge in [-0.2, -0.15) is 15.0 Å². The predicted octanol–water partition coefficient (Wildman–Crippen LogP) is 2.38. The highest BCUT2D eigenvalue weighted by Gasteiger charge is 2.22. The normalized spacial score (nSPS) is 12.7. The van der Waals surface area contributed by atoms with E-state index in [1.54, 1.807) is 31.2 Å². The fraction of sp³-hybridized carbons (Fsp3) is 0.250. The molecule has 0 bridgehead atoms. The first-order valence-corrected chi connectivity index (χ1v) is 11.9. The number of nitrogens with two attached hydrogens (primary N) is 1. The molecule has 5 heterocycles. The van der Waals surface area contributed by atoms with Gasteiger partial charge in [0.15, 0.2) is 0 Å². The summed E-state index contributed by atoms with van der Waals surface area (Å²) >= 11 is 1.34. The topological polar surface area (TPSA) is 127 Å². The smallest absolute Gasteiger partial charge is 0.201 e. The van der Waals surface area contributed by atoms with E-state index in [0.717, 1.165) is 22.2 Å². The molecule has 1 unspecified atom stereocenters. The van der Waals surface area contributed by atoms with Gasteiger partial charge in [-0.1, -0.05) is 0 Å². The van der Waals surface area contributed by atoms with Gasteiger partial charge in [0.2, 0.25) is 5.65 Å². The number of fused-ring (bicyclic) bond motifs is 2. The molecule has 5 rings (SSSR count). The maximum atomic E-state index is 12.9. The molecule has 32 heavy (non-hydrogen) atoms. The highest BCUT2D eigenvalue weighted by molar-refractivity contribution is 7.87. The molecule has 0 radical (unpaired) electrons. The number of rotatable bonds is 6. The van der Waals surface area contributed by atoms with Crippen LogP contribution in [0.25, 0.3) is 43.9 Å². The van der Waals surface area contributed by atoms with Crippen molar-refractivity contribution in [1.29, 1.82) is 0 Å². The summed E-state index contributed by atoms with van der Waals surface area (Å²) in [5, 5.41) is 13.7. The van der Waals surface area contributed by atoms with E-state index in [1.165, 1.54) is 16.1 Å². The second-order valence-electron chi connectivity index (χ2n) is 7.18. The van der Waals surface area contributed by atoms with Crippen LogP contribution in [0.15, 0.2) is 34.8 Å². The van der Waals surface area contributed by atoms with Gasteiger partial charge in [-0.3, -0.25) is 8.89 Å². The summed E-state index contributed by atoms with van der Waals surface area (Å²) in [7, 11) is 3.93. The van der Waals surface area contributed by atoms with Crippen LogP contribution in [0.3, 0.4) is 0 Å². The third-order valence-corrected chi connectivity index (χ3v) is 7.95. The van der Waals surface area contributed by atoms with Crippen molar-refractivity contribution in [3.8, 4) is 22.5 Å². The van der Waals surface area contributed by atoms with Crippen molar-refractivity contribution in [2.24, 2.45) is 14.1 Å². The molecule has 0 aliphatic heterocycles. The number of pyridine rings is 2. The van der Waals surface area contributed by atoms with Gasteiger partial charge >= 0.3 is 0 Å². The Morgan fingerprint density at radius 1 is 1.25 bits per heavy atom. The summed E-state index contributed by atoms with van der Waals surface area (Å²) < 4.78 is 20.3. The molecule has 0 amide bonds. The number of anilines is 1. The van der Waals surface area contributed by atoms with Crippen LogP contribution in [-0.2, 0) is 29.6 Å². The van der Waals surface area contributed by atoms with Crippen LogP contribution >= 0.6 is 11.3 Å². The van der Waals surface area contributed by atoms with Crippen molar-refractivity contribution in [3.05, 3.63) is 30.6 Å². The molecule has 0 spiro atoms. The van der Waals surface area contributed by atoms with Gasteiger partial charge in [0.1, 0.15) is 14.6 Å². The van der Waals surface area contributed by atoms with Gasteiger partial charge in [0, 0.05) is 50.1 Å². The van der Waals surface area contributed by atoms with Crippen LogP contribution in [0, 0.1) is 0 Å². The minimum absolute atomic E-state index is 0.370. The molecule has 5 aromatic rings. The van der Waals surface area contributed by atoms with Gasteiger partial charge in [-0.05, 0) is 18.2 Å². The number of aryl methyl sites for hydroxylation is 2. The lowest BCUT2D eigenvalue weighted by Gasteiger charge is -2.09. The van der Waals surface area contributed by atoms with Crippen molar-refractivity contribution in [2.75, 3.05) is 25.2 Å². The van der Waals surface area contributed by atoms with Gasteiger partial charge in [0.05, 0.1) is 40.2 Å². The molecule has 10 nitrogen and oxygen atoms in total. The minimum Gasteiger partial charge on any atom is -0.396 e. The lowest BCUT2D eigenvalue weighted by atomic mass is 10.0. The number of nitrogen functional groups attached to an aromatic ring is 1. The molecule has 0 fully saturated rings. The van der Waals surface area contributed by atoms with E-state index in [1.807, 2.05) is 25.2 Å². The van der Waals surface area contributed by atoms with E-state index in [0.29, 0.717) is 43.9 Å². The molecule has 0 saturated carbocycles. The Kier molecular flexibility index (Phi) is 5.19. The van der Waals surface area contributed by atoms with E-state index in [2.05, 4.69) is 20.3 Å². The molecule has 12 heteroatoms. The summed E-state index contributed by atoms with van der Waals surface area (Å²) in [5.74, 6) is 0.370. The Labute approximate surface area is 189 Å². The zero-order valence-corrected chi connectivity index (χ0v) is 19.3. The molecule has 0 aliphatic carbocycles.